The Morgan fingerprint density at radius 1 is 0.292 bits per heavy atom. The Kier molecular flexibility index (Phi) is 27.8. The summed E-state index contributed by atoms with van der Waals surface area (Å²) in [7, 11) is 5.00. The number of ether oxygens (including phenoxy) is 6. The van der Waals surface area contributed by atoms with Crippen LogP contribution < -0.4 is 28.4 Å². The highest BCUT2D eigenvalue weighted by molar-refractivity contribution is 5.90. The van der Waals surface area contributed by atoms with Crippen LogP contribution in [-0.4, -0.2) is 74.4 Å². The van der Waals surface area contributed by atoms with Crippen LogP contribution in [0.1, 0.15) is 313 Å². The predicted octanol–water partition coefficient (Wildman–Crippen LogP) is 20.8. The van der Waals surface area contributed by atoms with Gasteiger partial charge in [0.05, 0.1) is 57.8 Å². The topological polar surface area (TPSA) is 167 Å². The molecule has 0 aromatic heterocycles. The maximum atomic E-state index is 13.6. The van der Waals surface area contributed by atoms with Gasteiger partial charge in [-0.2, -0.15) is 0 Å². The number of carboxylic acids is 3. The van der Waals surface area contributed by atoms with Crippen LogP contribution in [0.5, 0.6) is 34.5 Å². The lowest BCUT2D eigenvalue weighted by atomic mass is 9.81. The maximum absolute atomic E-state index is 13.6. The number of hydrogen-bond donors (Lipinski definition) is 3. The summed E-state index contributed by atoms with van der Waals surface area (Å²) in [4.78, 5) is 40.9. The number of unbranched alkanes of at least 4 members (excludes halogenated alkanes) is 15. The van der Waals surface area contributed by atoms with Gasteiger partial charge in [-0.15, -0.1) is 0 Å². The molecule has 12 bridgehead atoms. The van der Waals surface area contributed by atoms with E-state index in [4.69, 9.17) is 28.4 Å². The molecule has 0 heterocycles. The summed E-state index contributed by atoms with van der Waals surface area (Å²) in [5.41, 5.74) is 11.3. The summed E-state index contributed by atoms with van der Waals surface area (Å²) in [6, 6.07) is 23.4. The van der Waals surface area contributed by atoms with E-state index in [9.17, 15) is 29.7 Å². The van der Waals surface area contributed by atoms with Crippen molar-refractivity contribution in [3.05, 3.63) is 173 Å². The highest BCUT2D eigenvalue weighted by Gasteiger charge is 2.30. The van der Waals surface area contributed by atoms with E-state index in [0.717, 1.165) is 146 Å². The highest BCUT2D eigenvalue weighted by Crippen LogP contribution is 2.45. The van der Waals surface area contributed by atoms with Gasteiger partial charge in [0.1, 0.15) is 34.5 Å². The molecule has 1 aliphatic rings. The molecular formula is C84H114O12. The monoisotopic (exact) mass is 1310 g/mol. The van der Waals surface area contributed by atoms with E-state index >= 15 is 0 Å². The van der Waals surface area contributed by atoms with Gasteiger partial charge < -0.3 is 43.7 Å². The van der Waals surface area contributed by atoms with Crippen LogP contribution >= 0.6 is 0 Å². The van der Waals surface area contributed by atoms with Crippen LogP contribution in [0.3, 0.4) is 0 Å². The average molecular weight is 1320 g/mol. The average Bonchev–Trinajstić information content (AvgIpc) is 0.781. The molecule has 0 fully saturated rings. The number of carboxylic acid groups (broad SMARTS) is 3. The fourth-order valence-corrected chi connectivity index (χ4v) is 13.5. The van der Waals surface area contributed by atoms with Gasteiger partial charge in [-0.25, -0.2) is 14.4 Å². The Bertz CT molecular complexity index is 3090. The molecule has 1 aliphatic carbocycles. The second-order valence-electron chi connectivity index (χ2n) is 29.9. The number of benzene rings is 6. The molecule has 0 saturated heterocycles. The Morgan fingerprint density at radius 2 is 0.469 bits per heavy atom. The van der Waals surface area contributed by atoms with Gasteiger partial charge in [-0.3, -0.25) is 0 Å². The van der Waals surface area contributed by atoms with Crippen molar-refractivity contribution in [2.45, 2.75) is 253 Å². The first kappa shape index (κ1) is 75.9. The molecule has 96 heavy (non-hydrogen) atoms. The van der Waals surface area contributed by atoms with E-state index in [2.05, 4.69) is 119 Å². The molecule has 0 atom stereocenters. The SMILES string of the molecule is CCCCCCCCOc1c2cc(C(=O)O)cc1Cc1cc(C(C)(C)C)cc(c1OC)Cc1cc(C(=O)O)cc(c1OCCCCCCCC)Cc1cc(C(C)(C)C)cc(c1OC)Cc1cc(C(=O)O)cc(c1OCCCCCCCC)Cc1cc(C(C)(C)C)cc(c1OC)C2. The molecule has 0 amide bonds. The summed E-state index contributed by atoms with van der Waals surface area (Å²) in [6.45, 7) is 27.4. The Hall–Kier alpha value is -7.47. The zero-order chi connectivity index (χ0) is 69.9. The number of methoxy groups -OCH3 is 3. The van der Waals surface area contributed by atoms with Crippen molar-refractivity contribution < 1.29 is 58.1 Å². The molecule has 522 valence electrons. The molecule has 0 radical (unpaired) electrons. The molecule has 12 heteroatoms. The van der Waals surface area contributed by atoms with E-state index < -0.39 is 17.9 Å². The van der Waals surface area contributed by atoms with Crippen molar-refractivity contribution in [2.75, 3.05) is 41.2 Å². The van der Waals surface area contributed by atoms with Crippen molar-refractivity contribution in [3.8, 4) is 34.5 Å². The minimum absolute atomic E-state index is 0.108. The fraction of sp³-hybridized carbons (Fsp3) is 0.536. The van der Waals surface area contributed by atoms with Gasteiger partial charge in [0.15, 0.2) is 0 Å². The first-order chi connectivity index (χ1) is 45.7. The molecule has 0 aliphatic heterocycles. The summed E-state index contributed by atoms with van der Waals surface area (Å²) < 4.78 is 41.1. The Morgan fingerprint density at radius 3 is 0.635 bits per heavy atom. The second kappa shape index (κ2) is 35.2. The Balaban J connectivity index is 1.62. The van der Waals surface area contributed by atoms with E-state index in [1.165, 1.54) is 19.3 Å². The number of fused-ring (bicyclic) bond motifs is 12. The van der Waals surface area contributed by atoms with Crippen LogP contribution in [0.2, 0.25) is 0 Å². The molecular weight excluding hydrogens is 1200 g/mol. The van der Waals surface area contributed by atoms with E-state index in [0.29, 0.717) is 87.7 Å². The predicted molar refractivity (Wildman–Crippen MR) is 389 cm³/mol. The van der Waals surface area contributed by atoms with E-state index in [1.54, 1.807) is 57.7 Å². The largest absolute Gasteiger partial charge is 0.496 e. The molecule has 7 rings (SSSR count). The lowest BCUT2D eigenvalue weighted by Gasteiger charge is -2.27. The molecule has 0 spiro atoms. The number of aromatic carboxylic acids is 3. The maximum Gasteiger partial charge on any atom is 0.335 e. The zero-order valence-corrected chi connectivity index (χ0v) is 61.0. The van der Waals surface area contributed by atoms with Gasteiger partial charge in [-0.05, 0) is 155 Å². The van der Waals surface area contributed by atoms with E-state index in [-0.39, 0.29) is 71.5 Å². The number of carbonyl (C=O) groups is 3. The minimum atomic E-state index is -1.08. The first-order valence-electron chi connectivity index (χ1n) is 35.9. The highest BCUT2D eigenvalue weighted by atomic mass is 16.5. The van der Waals surface area contributed by atoms with Crippen LogP contribution in [0.25, 0.3) is 0 Å². The van der Waals surface area contributed by atoms with Crippen LogP contribution in [-0.2, 0) is 54.8 Å². The van der Waals surface area contributed by atoms with Crippen LogP contribution in [0, 0.1) is 0 Å². The van der Waals surface area contributed by atoms with Crippen molar-refractivity contribution in [3.63, 3.8) is 0 Å². The summed E-state index contributed by atoms with van der Waals surface area (Å²) in [5.74, 6) is 0.352. The van der Waals surface area contributed by atoms with Crippen LogP contribution in [0.15, 0.2) is 72.8 Å². The standard InChI is InChI=1S/C84H114O12/c1-16-19-22-25-28-31-34-94-76-55-37-61-49-70(82(4,5)6)51-63(73(61)91-13)39-57-45-68(80(87)88)47-59(77(57)95-35-32-29-26-23-20-17-2)41-65-53-72(84(10,11)12)54-66(75(65)93-15)42-60-48-69(81(89)90)46-58(78(60)96-36-33-30-27-24-21-18-3)40-64-52-71(83(7,8)9)50-62(74(64)92-14)38-56(76)44-67(43-55)79(85)86/h43-54H,16-42H2,1-15H3,(H,85,86)(H,87,88)(H,89,90). The van der Waals surface area contributed by atoms with Gasteiger partial charge in [0.25, 0.3) is 0 Å². The third kappa shape index (κ3) is 20.5. The van der Waals surface area contributed by atoms with Crippen LogP contribution in [0.4, 0.5) is 0 Å². The van der Waals surface area contributed by atoms with Gasteiger partial charge in [0, 0.05) is 38.5 Å². The molecule has 0 unspecified atom stereocenters. The fourth-order valence-electron chi connectivity index (χ4n) is 13.5. The van der Waals surface area contributed by atoms with Crippen molar-refractivity contribution in [1.29, 1.82) is 0 Å². The lowest BCUT2D eigenvalue weighted by molar-refractivity contribution is 0.0685. The van der Waals surface area contributed by atoms with Gasteiger partial charge in [0.2, 0.25) is 0 Å². The third-order valence-corrected chi connectivity index (χ3v) is 18.9. The zero-order valence-electron chi connectivity index (χ0n) is 61.0. The smallest absolute Gasteiger partial charge is 0.335 e. The van der Waals surface area contributed by atoms with Gasteiger partial charge >= 0.3 is 17.9 Å². The van der Waals surface area contributed by atoms with Crippen molar-refractivity contribution in [2.24, 2.45) is 0 Å². The van der Waals surface area contributed by atoms with Gasteiger partial charge in [-0.1, -0.05) is 216 Å². The molecule has 6 aromatic carbocycles. The van der Waals surface area contributed by atoms with Crippen molar-refractivity contribution >= 4 is 17.9 Å². The number of rotatable bonds is 30. The first-order valence-corrected chi connectivity index (χ1v) is 35.9. The molecule has 6 aromatic rings. The molecule has 12 nitrogen and oxygen atoms in total. The number of hydrogen-bond acceptors (Lipinski definition) is 9. The normalized spacial score (nSPS) is 12.8. The van der Waals surface area contributed by atoms with Crippen molar-refractivity contribution in [1.82, 2.24) is 0 Å². The second-order valence-corrected chi connectivity index (χ2v) is 29.9. The third-order valence-electron chi connectivity index (χ3n) is 18.9. The molecule has 3 N–H and O–H groups in total. The Labute approximate surface area is 575 Å². The lowest BCUT2D eigenvalue weighted by Crippen LogP contribution is -2.16. The summed E-state index contributed by atoms with van der Waals surface area (Å²) in [5, 5.41) is 33.4. The summed E-state index contributed by atoms with van der Waals surface area (Å²) in [6.07, 6.45) is 20.4. The summed E-state index contributed by atoms with van der Waals surface area (Å²) >= 11 is 0. The minimum Gasteiger partial charge on any atom is -0.496 e. The quantitative estimate of drug-likeness (QED) is 0.0365. The van der Waals surface area contributed by atoms with E-state index in [1.807, 2.05) is 0 Å². The molecule has 0 saturated carbocycles.